The minimum Gasteiger partial charge on any atom is -0.497 e. The maximum atomic E-state index is 11.9. The van der Waals surface area contributed by atoms with Gasteiger partial charge in [-0.2, -0.15) is 0 Å². The van der Waals surface area contributed by atoms with Crippen molar-refractivity contribution in [2.45, 2.75) is 5.79 Å². The molecule has 0 N–H and O–H groups in total. The molecule has 19 heavy (non-hydrogen) atoms. The molecule has 1 aliphatic carbocycles. The number of carbonyl (C=O) groups excluding carboxylic acids is 1. The second kappa shape index (κ2) is 4.36. The van der Waals surface area contributed by atoms with Crippen LogP contribution < -0.4 is 4.74 Å². The minimum atomic E-state index is -1.14. The van der Waals surface area contributed by atoms with Crippen LogP contribution >= 0.6 is 0 Å². The smallest absolute Gasteiger partial charge is 0.339 e. The van der Waals surface area contributed by atoms with Crippen LogP contribution in [0.5, 0.6) is 5.75 Å². The van der Waals surface area contributed by atoms with Gasteiger partial charge in [-0.25, -0.2) is 4.79 Å². The molecule has 0 saturated carbocycles. The SMILES string of the molecule is COC(=O)C1=Cc2ccc(OC)cc2C12OCCO2. The highest BCUT2D eigenvalue weighted by Gasteiger charge is 2.50. The van der Waals surface area contributed by atoms with Gasteiger partial charge >= 0.3 is 5.97 Å². The Morgan fingerprint density at radius 2 is 2.00 bits per heavy atom. The summed E-state index contributed by atoms with van der Waals surface area (Å²) in [6.45, 7) is 0.871. The van der Waals surface area contributed by atoms with Crippen molar-refractivity contribution in [3.8, 4) is 5.75 Å². The Labute approximate surface area is 110 Å². The second-order valence-corrected chi connectivity index (χ2v) is 4.32. The largest absolute Gasteiger partial charge is 0.497 e. The number of esters is 1. The van der Waals surface area contributed by atoms with Crippen molar-refractivity contribution < 1.29 is 23.7 Å². The van der Waals surface area contributed by atoms with E-state index in [1.807, 2.05) is 18.2 Å². The summed E-state index contributed by atoms with van der Waals surface area (Å²) in [5.74, 6) is -0.898. The molecule has 100 valence electrons. The van der Waals surface area contributed by atoms with E-state index in [4.69, 9.17) is 18.9 Å². The standard InChI is InChI=1S/C14H14O5/c1-16-10-4-3-9-7-12(13(15)17-2)14(11(9)8-10)18-5-6-19-14/h3-4,7-8H,5-6H2,1-2H3. The summed E-state index contributed by atoms with van der Waals surface area (Å²) >= 11 is 0. The molecule has 1 aromatic rings. The van der Waals surface area contributed by atoms with Crippen LogP contribution in [0.3, 0.4) is 0 Å². The topological polar surface area (TPSA) is 54.0 Å². The maximum Gasteiger partial charge on any atom is 0.339 e. The molecule has 1 aliphatic heterocycles. The van der Waals surface area contributed by atoms with Crippen molar-refractivity contribution >= 4 is 12.0 Å². The Balaban J connectivity index is 2.14. The molecule has 2 aliphatic rings. The van der Waals surface area contributed by atoms with Crippen LogP contribution in [-0.4, -0.2) is 33.4 Å². The van der Waals surface area contributed by atoms with Crippen molar-refractivity contribution in [2.75, 3.05) is 27.4 Å². The highest BCUT2D eigenvalue weighted by atomic mass is 16.7. The number of ether oxygens (including phenoxy) is 4. The molecule has 0 atom stereocenters. The van der Waals surface area contributed by atoms with Crippen LogP contribution in [0.25, 0.3) is 6.08 Å². The monoisotopic (exact) mass is 262 g/mol. The maximum absolute atomic E-state index is 11.9. The van der Waals surface area contributed by atoms with Gasteiger partial charge in [-0.1, -0.05) is 6.07 Å². The predicted molar refractivity (Wildman–Crippen MR) is 66.6 cm³/mol. The first-order valence-corrected chi connectivity index (χ1v) is 5.98. The van der Waals surface area contributed by atoms with Gasteiger partial charge in [0.05, 0.1) is 27.4 Å². The van der Waals surface area contributed by atoms with E-state index < -0.39 is 11.8 Å². The molecule has 1 fully saturated rings. The molecule has 1 heterocycles. The van der Waals surface area contributed by atoms with E-state index in [2.05, 4.69) is 0 Å². The highest BCUT2D eigenvalue weighted by Crippen LogP contribution is 2.47. The molecule has 5 nitrogen and oxygen atoms in total. The summed E-state index contributed by atoms with van der Waals surface area (Å²) in [5, 5.41) is 0. The lowest BCUT2D eigenvalue weighted by Gasteiger charge is -2.25. The Morgan fingerprint density at radius 1 is 1.26 bits per heavy atom. The van der Waals surface area contributed by atoms with Gasteiger partial charge in [0, 0.05) is 5.56 Å². The summed E-state index contributed by atoms with van der Waals surface area (Å²) in [4.78, 5) is 11.9. The van der Waals surface area contributed by atoms with Crippen LogP contribution in [0.2, 0.25) is 0 Å². The van der Waals surface area contributed by atoms with E-state index in [0.717, 1.165) is 11.1 Å². The molecule has 5 heteroatoms. The van der Waals surface area contributed by atoms with Crippen LogP contribution in [0, 0.1) is 0 Å². The second-order valence-electron chi connectivity index (χ2n) is 4.32. The molecule has 1 spiro atoms. The third-order valence-corrected chi connectivity index (χ3v) is 3.37. The fourth-order valence-electron chi connectivity index (χ4n) is 2.50. The van der Waals surface area contributed by atoms with Gasteiger partial charge in [0.1, 0.15) is 11.3 Å². The summed E-state index contributed by atoms with van der Waals surface area (Å²) in [6.07, 6.45) is 1.74. The first-order valence-electron chi connectivity index (χ1n) is 5.98. The molecule has 1 saturated heterocycles. The van der Waals surface area contributed by atoms with Crippen molar-refractivity contribution in [1.82, 2.24) is 0 Å². The zero-order valence-electron chi connectivity index (χ0n) is 10.8. The van der Waals surface area contributed by atoms with E-state index in [9.17, 15) is 4.79 Å². The molecule has 0 radical (unpaired) electrons. The third-order valence-electron chi connectivity index (χ3n) is 3.37. The highest BCUT2D eigenvalue weighted by molar-refractivity contribution is 5.98. The van der Waals surface area contributed by atoms with E-state index in [1.54, 1.807) is 13.2 Å². The van der Waals surface area contributed by atoms with Crippen molar-refractivity contribution in [3.63, 3.8) is 0 Å². The van der Waals surface area contributed by atoms with Crippen LogP contribution in [-0.2, 0) is 24.8 Å². The molecule has 0 aromatic heterocycles. The van der Waals surface area contributed by atoms with Gasteiger partial charge in [-0.15, -0.1) is 0 Å². The molecule has 3 rings (SSSR count). The van der Waals surface area contributed by atoms with Crippen molar-refractivity contribution in [2.24, 2.45) is 0 Å². The predicted octanol–water partition coefficient (Wildman–Crippen LogP) is 1.46. The van der Waals surface area contributed by atoms with E-state index in [0.29, 0.717) is 24.5 Å². The van der Waals surface area contributed by atoms with Crippen molar-refractivity contribution in [3.05, 3.63) is 34.9 Å². The number of fused-ring (bicyclic) bond motifs is 2. The summed E-state index contributed by atoms with van der Waals surface area (Å²) in [7, 11) is 2.93. The lowest BCUT2D eigenvalue weighted by molar-refractivity contribution is -0.157. The quantitative estimate of drug-likeness (QED) is 0.755. The fraction of sp³-hybridized carbons (Fsp3) is 0.357. The number of carbonyl (C=O) groups is 1. The molecule has 0 amide bonds. The van der Waals surface area contributed by atoms with Gasteiger partial charge < -0.3 is 18.9 Å². The molecular weight excluding hydrogens is 248 g/mol. The average Bonchev–Trinajstić information content (AvgIpc) is 3.05. The molecule has 0 unspecified atom stereocenters. The summed E-state index contributed by atoms with van der Waals surface area (Å²) < 4.78 is 21.5. The Morgan fingerprint density at radius 3 is 2.63 bits per heavy atom. The van der Waals surface area contributed by atoms with Gasteiger partial charge in [-0.05, 0) is 23.8 Å². The van der Waals surface area contributed by atoms with E-state index in [1.165, 1.54) is 7.11 Å². The zero-order valence-corrected chi connectivity index (χ0v) is 10.8. The molecular formula is C14H14O5. The fourth-order valence-corrected chi connectivity index (χ4v) is 2.50. The molecule has 1 aromatic carbocycles. The van der Waals surface area contributed by atoms with Gasteiger partial charge in [0.25, 0.3) is 0 Å². The lowest BCUT2D eigenvalue weighted by Crippen LogP contribution is -2.31. The van der Waals surface area contributed by atoms with Gasteiger partial charge in [0.2, 0.25) is 5.79 Å². The Hall–Kier alpha value is -1.85. The number of rotatable bonds is 2. The average molecular weight is 262 g/mol. The number of hydrogen-bond donors (Lipinski definition) is 0. The van der Waals surface area contributed by atoms with Crippen LogP contribution in [0.1, 0.15) is 11.1 Å². The number of methoxy groups -OCH3 is 2. The molecule has 0 bridgehead atoms. The van der Waals surface area contributed by atoms with Crippen molar-refractivity contribution in [1.29, 1.82) is 0 Å². The summed E-state index contributed by atoms with van der Waals surface area (Å²) in [5.41, 5.74) is 2.03. The van der Waals surface area contributed by atoms with E-state index in [-0.39, 0.29) is 0 Å². The van der Waals surface area contributed by atoms with Gasteiger partial charge in [-0.3, -0.25) is 0 Å². The Kier molecular flexibility index (Phi) is 2.80. The Bertz CT molecular complexity index is 555. The zero-order chi connectivity index (χ0) is 13.5. The first kappa shape index (κ1) is 12.2. The first-order chi connectivity index (χ1) is 9.21. The number of hydrogen-bond acceptors (Lipinski definition) is 5. The lowest BCUT2D eigenvalue weighted by atomic mass is 10.0. The van der Waals surface area contributed by atoms with Crippen LogP contribution in [0.15, 0.2) is 23.8 Å². The number of benzene rings is 1. The summed E-state index contributed by atoms with van der Waals surface area (Å²) in [6, 6.07) is 5.53. The third kappa shape index (κ3) is 1.66. The minimum absolute atomic E-state index is 0.371. The van der Waals surface area contributed by atoms with Crippen LogP contribution in [0.4, 0.5) is 0 Å². The van der Waals surface area contributed by atoms with Gasteiger partial charge in [0.15, 0.2) is 0 Å². The van der Waals surface area contributed by atoms with E-state index >= 15 is 0 Å². The normalized spacial score (nSPS) is 19.2.